The van der Waals surface area contributed by atoms with Gasteiger partial charge >= 0.3 is 5.00 Å². The molecule has 2 aromatic heterocycles. The molecule has 0 radical (unpaired) electrons. The highest BCUT2D eigenvalue weighted by Crippen LogP contribution is 2.23. The topological polar surface area (TPSA) is 73.0 Å². The van der Waals surface area contributed by atoms with Crippen molar-refractivity contribution in [1.29, 1.82) is 0 Å². The predicted octanol–water partition coefficient (Wildman–Crippen LogP) is 2.00. The van der Waals surface area contributed by atoms with Crippen LogP contribution in [0.1, 0.15) is 5.56 Å². The fraction of sp³-hybridized carbons (Fsp3) is 0.222. The zero-order valence-corrected chi connectivity index (χ0v) is 9.40. The Kier molecular flexibility index (Phi) is 2.86. The predicted molar refractivity (Wildman–Crippen MR) is 61.5 cm³/mol. The lowest BCUT2D eigenvalue weighted by molar-refractivity contribution is -0.380. The standard InChI is InChI=1S/C9H10N4O2S/c1-12-8(2-3-11-12)10-5-7-4-9(13(14)15)16-6-7/h2-4,6,10H,5H2,1H3. The van der Waals surface area contributed by atoms with Crippen LogP contribution in [-0.2, 0) is 13.6 Å². The van der Waals surface area contributed by atoms with Gasteiger partial charge in [0.1, 0.15) is 5.82 Å². The molecule has 0 aliphatic carbocycles. The molecule has 0 bridgehead atoms. The van der Waals surface area contributed by atoms with Crippen LogP contribution in [0.4, 0.5) is 10.8 Å². The maximum atomic E-state index is 10.5. The van der Waals surface area contributed by atoms with Gasteiger partial charge in [-0.3, -0.25) is 14.8 Å². The Labute approximate surface area is 95.7 Å². The van der Waals surface area contributed by atoms with Crippen LogP contribution >= 0.6 is 11.3 Å². The van der Waals surface area contributed by atoms with Crippen LogP contribution in [-0.4, -0.2) is 14.7 Å². The molecule has 0 aliphatic rings. The van der Waals surface area contributed by atoms with E-state index in [0.717, 1.165) is 22.7 Å². The Bertz CT molecular complexity index is 505. The summed E-state index contributed by atoms with van der Waals surface area (Å²) in [5.74, 6) is 0.883. The number of hydrogen-bond acceptors (Lipinski definition) is 5. The number of hydrogen-bond donors (Lipinski definition) is 1. The molecular formula is C9H10N4O2S. The Balaban J connectivity index is 2.00. The van der Waals surface area contributed by atoms with Crippen molar-refractivity contribution in [3.05, 3.63) is 39.4 Å². The van der Waals surface area contributed by atoms with E-state index in [4.69, 9.17) is 0 Å². The third-order valence-electron chi connectivity index (χ3n) is 2.11. The van der Waals surface area contributed by atoms with Gasteiger partial charge in [-0.2, -0.15) is 5.10 Å². The molecule has 7 heteroatoms. The van der Waals surface area contributed by atoms with Crippen LogP contribution in [0.2, 0.25) is 0 Å². The molecule has 0 saturated heterocycles. The third-order valence-corrected chi connectivity index (χ3v) is 3.04. The highest BCUT2D eigenvalue weighted by Gasteiger charge is 2.09. The first-order valence-electron chi connectivity index (χ1n) is 4.60. The molecule has 0 aliphatic heterocycles. The van der Waals surface area contributed by atoms with E-state index in [2.05, 4.69) is 10.4 Å². The molecule has 0 fully saturated rings. The molecule has 2 rings (SSSR count). The Hall–Kier alpha value is -1.89. The van der Waals surface area contributed by atoms with E-state index in [1.54, 1.807) is 22.3 Å². The summed E-state index contributed by atoms with van der Waals surface area (Å²) in [6.07, 6.45) is 1.69. The largest absolute Gasteiger partial charge is 0.366 e. The highest BCUT2D eigenvalue weighted by atomic mass is 32.1. The molecule has 0 unspecified atom stereocenters. The molecule has 16 heavy (non-hydrogen) atoms. The molecule has 0 saturated carbocycles. The van der Waals surface area contributed by atoms with E-state index < -0.39 is 0 Å². The van der Waals surface area contributed by atoms with Gasteiger partial charge in [0.25, 0.3) is 0 Å². The summed E-state index contributed by atoms with van der Waals surface area (Å²) in [5.41, 5.74) is 0.901. The average Bonchev–Trinajstić information content (AvgIpc) is 2.83. The molecule has 2 aromatic rings. The lowest BCUT2D eigenvalue weighted by Crippen LogP contribution is -2.03. The van der Waals surface area contributed by atoms with E-state index in [1.165, 1.54) is 0 Å². The third kappa shape index (κ3) is 2.19. The maximum Gasteiger partial charge on any atom is 0.324 e. The number of aryl methyl sites for hydroxylation is 1. The van der Waals surface area contributed by atoms with Gasteiger partial charge in [-0.05, 0) is 5.56 Å². The van der Waals surface area contributed by atoms with Crippen molar-refractivity contribution in [3.63, 3.8) is 0 Å². The summed E-state index contributed by atoms with van der Waals surface area (Å²) in [7, 11) is 1.83. The highest BCUT2D eigenvalue weighted by molar-refractivity contribution is 7.13. The Morgan fingerprint density at radius 3 is 3.06 bits per heavy atom. The number of nitrogens with zero attached hydrogens (tertiary/aromatic N) is 3. The second-order valence-electron chi connectivity index (χ2n) is 3.24. The number of nitro groups is 1. The minimum atomic E-state index is -0.377. The van der Waals surface area contributed by atoms with Crippen molar-refractivity contribution in [2.24, 2.45) is 7.05 Å². The van der Waals surface area contributed by atoms with E-state index in [9.17, 15) is 10.1 Å². The molecule has 6 nitrogen and oxygen atoms in total. The second-order valence-corrected chi connectivity index (χ2v) is 4.13. The van der Waals surface area contributed by atoms with Gasteiger partial charge in [0.05, 0.1) is 11.1 Å². The zero-order chi connectivity index (χ0) is 11.5. The van der Waals surface area contributed by atoms with Crippen LogP contribution < -0.4 is 5.32 Å². The molecule has 1 N–H and O–H groups in total. The summed E-state index contributed by atoms with van der Waals surface area (Å²) in [4.78, 5) is 10.1. The van der Waals surface area contributed by atoms with Crippen molar-refractivity contribution >= 4 is 22.2 Å². The molecule has 84 valence electrons. The summed E-state index contributed by atoms with van der Waals surface area (Å²) in [6.45, 7) is 0.559. The first-order valence-corrected chi connectivity index (χ1v) is 5.48. The molecule has 0 spiro atoms. The monoisotopic (exact) mass is 238 g/mol. The summed E-state index contributed by atoms with van der Waals surface area (Å²) in [5, 5.41) is 19.6. The van der Waals surface area contributed by atoms with Crippen LogP contribution in [0.25, 0.3) is 0 Å². The van der Waals surface area contributed by atoms with Crippen molar-refractivity contribution in [1.82, 2.24) is 9.78 Å². The summed E-state index contributed by atoms with van der Waals surface area (Å²) >= 11 is 1.14. The van der Waals surface area contributed by atoms with Crippen molar-refractivity contribution in [2.45, 2.75) is 6.54 Å². The number of aromatic nitrogens is 2. The van der Waals surface area contributed by atoms with Crippen LogP contribution in [0, 0.1) is 10.1 Å². The maximum absolute atomic E-state index is 10.5. The van der Waals surface area contributed by atoms with E-state index >= 15 is 0 Å². The van der Waals surface area contributed by atoms with E-state index in [-0.39, 0.29) is 9.92 Å². The molecular weight excluding hydrogens is 228 g/mol. The number of thiophene rings is 1. The van der Waals surface area contributed by atoms with Gasteiger partial charge in [0, 0.05) is 31.1 Å². The first kappa shape index (κ1) is 10.6. The fourth-order valence-electron chi connectivity index (χ4n) is 1.29. The van der Waals surface area contributed by atoms with Gasteiger partial charge in [-0.25, -0.2) is 0 Å². The van der Waals surface area contributed by atoms with E-state index in [1.807, 2.05) is 13.1 Å². The molecule has 0 amide bonds. The number of nitrogens with one attached hydrogen (secondary N) is 1. The smallest absolute Gasteiger partial charge is 0.324 e. The summed E-state index contributed by atoms with van der Waals surface area (Å²) < 4.78 is 1.71. The van der Waals surface area contributed by atoms with Crippen molar-refractivity contribution in [3.8, 4) is 0 Å². The molecule has 2 heterocycles. The van der Waals surface area contributed by atoms with E-state index in [0.29, 0.717) is 6.54 Å². The van der Waals surface area contributed by atoms with Gasteiger partial charge in [0.15, 0.2) is 0 Å². The minimum absolute atomic E-state index is 0.168. The first-order chi connectivity index (χ1) is 7.66. The van der Waals surface area contributed by atoms with Gasteiger partial charge < -0.3 is 5.32 Å². The average molecular weight is 238 g/mol. The lowest BCUT2D eigenvalue weighted by atomic mass is 10.3. The zero-order valence-electron chi connectivity index (χ0n) is 8.58. The van der Waals surface area contributed by atoms with Crippen LogP contribution in [0.3, 0.4) is 0 Å². The van der Waals surface area contributed by atoms with Crippen molar-refractivity contribution in [2.75, 3.05) is 5.32 Å². The van der Waals surface area contributed by atoms with Gasteiger partial charge in [0.2, 0.25) is 0 Å². The quantitative estimate of drug-likeness (QED) is 0.653. The normalized spacial score (nSPS) is 10.3. The molecule has 0 aromatic carbocycles. The fourth-order valence-corrected chi connectivity index (χ4v) is 2.02. The van der Waals surface area contributed by atoms with Gasteiger partial charge in [-0.1, -0.05) is 11.3 Å². The SMILES string of the molecule is Cn1nccc1NCc1csc([N+](=O)[O-])c1. The minimum Gasteiger partial charge on any atom is -0.366 e. The lowest BCUT2D eigenvalue weighted by Gasteiger charge is -2.03. The second kappa shape index (κ2) is 4.31. The number of rotatable bonds is 4. The van der Waals surface area contributed by atoms with Crippen LogP contribution in [0.15, 0.2) is 23.7 Å². The Morgan fingerprint density at radius 2 is 2.50 bits per heavy atom. The van der Waals surface area contributed by atoms with Crippen LogP contribution in [0.5, 0.6) is 0 Å². The van der Waals surface area contributed by atoms with Crippen molar-refractivity contribution < 1.29 is 4.92 Å². The van der Waals surface area contributed by atoms with Gasteiger partial charge in [-0.15, -0.1) is 0 Å². The number of anilines is 1. The molecule has 0 atom stereocenters. The summed E-state index contributed by atoms with van der Waals surface area (Å²) in [6, 6.07) is 3.43. The Morgan fingerprint density at radius 1 is 1.69 bits per heavy atom.